The fraction of sp³-hybridized carbons (Fsp3) is 0.471. The van der Waals surface area contributed by atoms with Crippen LogP contribution in [-0.4, -0.2) is 35.3 Å². The Morgan fingerprint density at radius 3 is 2.83 bits per heavy atom. The number of hydrogen-bond donors (Lipinski definition) is 1. The Hall–Kier alpha value is -2.15. The summed E-state index contributed by atoms with van der Waals surface area (Å²) in [5.41, 5.74) is 1.12. The molecule has 6 nitrogen and oxygen atoms in total. The monoisotopic (exact) mass is 347 g/mol. The lowest BCUT2D eigenvalue weighted by Crippen LogP contribution is -2.34. The molecule has 7 heteroatoms. The van der Waals surface area contributed by atoms with Crippen molar-refractivity contribution in [2.75, 3.05) is 18.9 Å². The number of anilines is 1. The second kappa shape index (κ2) is 7.61. The van der Waals surface area contributed by atoms with Gasteiger partial charge in [-0.3, -0.25) is 9.59 Å². The van der Waals surface area contributed by atoms with Gasteiger partial charge in [0.05, 0.1) is 12.0 Å². The molecular weight excluding hydrogens is 326 g/mol. The Morgan fingerprint density at radius 1 is 1.29 bits per heavy atom. The molecule has 24 heavy (non-hydrogen) atoms. The lowest BCUT2D eigenvalue weighted by atomic mass is 10.0. The SMILES string of the molecule is CN(CC(=O)Nc1nc2c(s1)CCCCCC2)C(=O)c1ccco1. The van der Waals surface area contributed by atoms with Gasteiger partial charge < -0.3 is 14.6 Å². The smallest absolute Gasteiger partial charge is 0.289 e. The van der Waals surface area contributed by atoms with Crippen molar-refractivity contribution in [2.45, 2.75) is 38.5 Å². The number of carbonyl (C=O) groups excluding carboxylic acids is 2. The molecule has 3 rings (SSSR count). The largest absolute Gasteiger partial charge is 0.459 e. The first-order valence-corrected chi connectivity index (χ1v) is 9.02. The summed E-state index contributed by atoms with van der Waals surface area (Å²) in [6, 6.07) is 3.23. The van der Waals surface area contributed by atoms with E-state index >= 15 is 0 Å². The molecule has 1 N–H and O–H groups in total. The van der Waals surface area contributed by atoms with Crippen LogP contribution in [0, 0.1) is 0 Å². The minimum Gasteiger partial charge on any atom is -0.459 e. The van der Waals surface area contributed by atoms with Gasteiger partial charge in [-0.2, -0.15) is 0 Å². The average molecular weight is 347 g/mol. The summed E-state index contributed by atoms with van der Waals surface area (Å²) in [6.07, 6.45) is 8.31. The van der Waals surface area contributed by atoms with Gasteiger partial charge in [0.25, 0.3) is 5.91 Å². The molecule has 2 aromatic rings. The number of nitrogens with zero attached hydrogens (tertiary/aromatic N) is 2. The van der Waals surface area contributed by atoms with Crippen LogP contribution in [0.25, 0.3) is 0 Å². The maximum Gasteiger partial charge on any atom is 0.289 e. The van der Waals surface area contributed by atoms with Crippen LogP contribution in [0.2, 0.25) is 0 Å². The van der Waals surface area contributed by atoms with E-state index in [2.05, 4.69) is 10.3 Å². The van der Waals surface area contributed by atoms with Gasteiger partial charge in [0.1, 0.15) is 6.54 Å². The average Bonchev–Trinajstić information content (AvgIpc) is 3.17. The van der Waals surface area contributed by atoms with E-state index in [1.54, 1.807) is 30.5 Å². The predicted octanol–water partition coefficient (Wildman–Crippen LogP) is 3.11. The van der Waals surface area contributed by atoms with Crippen LogP contribution in [0.3, 0.4) is 0 Å². The lowest BCUT2D eigenvalue weighted by molar-refractivity contribution is -0.116. The maximum absolute atomic E-state index is 12.2. The highest BCUT2D eigenvalue weighted by molar-refractivity contribution is 7.15. The molecule has 0 saturated carbocycles. The van der Waals surface area contributed by atoms with E-state index in [1.165, 1.54) is 35.3 Å². The van der Waals surface area contributed by atoms with Crippen LogP contribution in [0.15, 0.2) is 22.8 Å². The molecule has 0 spiro atoms. The van der Waals surface area contributed by atoms with E-state index in [-0.39, 0.29) is 24.1 Å². The molecular formula is C17H21N3O3S. The molecule has 0 unspecified atom stereocenters. The molecule has 1 aliphatic carbocycles. The number of thiazole rings is 1. The summed E-state index contributed by atoms with van der Waals surface area (Å²) < 4.78 is 5.06. The van der Waals surface area contributed by atoms with Gasteiger partial charge in [-0.15, -0.1) is 11.3 Å². The van der Waals surface area contributed by atoms with E-state index in [0.29, 0.717) is 5.13 Å². The first-order valence-electron chi connectivity index (χ1n) is 8.21. The van der Waals surface area contributed by atoms with Crippen LogP contribution in [0.5, 0.6) is 0 Å². The Kier molecular flexibility index (Phi) is 5.30. The minimum atomic E-state index is -0.318. The van der Waals surface area contributed by atoms with Crippen molar-refractivity contribution in [3.8, 4) is 0 Å². The normalized spacial score (nSPS) is 14.4. The molecule has 0 atom stereocenters. The number of fused-ring (bicyclic) bond motifs is 1. The number of furan rings is 1. The van der Waals surface area contributed by atoms with Crippen LogP contribution in [0.4, 0.5) is 5.13 Å². The van der Waals surface area contributed by atoms with Crippen LogP contribution >= 0.6 is 11.3 Å². The van der Waals surface area contributed by atoms with Crippen LogP contribution < -0.4 is 5.32 Å². The summed E-state index contributed by atoms with van der Waals surface area (Å²) in [6.45, 7) is -0.0379. The Balaban J connectivity index is 1.58. The van der Waals surface area contributed by atoms with Gasteiger partial charge in [0.2, 0.25) is 5.91 Å². The summed E-state index contributed by atoms with van der Waals surface area (Å²) in [5.74, 6) is -0.344. The number of amides is 2. The van der Waals surface area contributed by atoms with Crippen molar-refractivity contribution in [3.63, 3.8) is 0 Å². The molecule has 2 amide bonds. The third kappa shape index (κ3) is 4.03. The molecule has 2 aromatic heterocycles. The lowest BCUT2D eigenvalue weighted by Gasteiger charge is -2.14. The topological polar surface area (TPSA) is 75.4 Å². The molecule has 0 aromatic carbocycles. The number of hydrogen-bond acceptors (Lipinski definition) is 5. The summed E-state index contributed by atoms with van der Waals surface area (Å²) in [5, 5.41) is 3.45. The number of aryl methyl sites for hydroxylation is 2. The zero-order valence-electron chi connectivity index (χ0n) is 13.7. The van der Waals surface area contributed by atoms with Crippen molar-refractivity contribution in [2.24, 2.45) is 0 Å². The molecule has 0 fully saturated rings. The predicted molar refractivity (Wildman–Crippen MR) is 92.3 cm³/mol. The Morgan fingerprint density at radius 2 is 2.08 bits per heavy atom. The van der Waals surface area contributed by atoms with E-state index < -0.39 is 0 Å². The van der Waals surface area contributed by atoms with Crippen molar-refractivity contribution < 1.29 is 14.0 Å². The minimum absolute atomic E-state index is 0.0379. The van der Waals surface area contributed by atoms with Gasteiger partial charge in [-0.25, -0.2) is 4.98 Å². The van der Waals surface area contributed by atoms with Gasteiger partial charge in [-0.05, 0) is 37.8 Å². The van der Waals surface area contributed by atoms with Crippen molar-refractivity contribution in [3.05, 3.63) is 34.7 Å². The first kappa shape index (κ1) is 16.7. The third-order valence-electron chi connectivity index (χ3n) is 4.05. The van der Waals surface area contributed by atoms with Crippen LogP contribution in [-0.2, 0) is 17.6 Å². The molecule has 1 aliphatic rings. The van der Waals surface area contributed by atoms with E-state index in [1.807, 2.05) is 0 Å². The Labute approximate surface area is 144 Å². The number of nitrogens with one attached hydrogen (secondary N) is 1. The van der Waals surface area contributed by atoms with Gasteiger partial charge in [0.15, 0.2) is 10.9 Å². The molecule has 0 aliphatic heterocycles. The zero-order valence-corrected chi connectivity index (χ0v) is 14.5. The number of aromatic nitrogens is 1. The molecule has 2 heterocycles. The number of rotatable bonds is 4. The highest BCUT2D eigenvalue weighted by Gasteiger charge is 2.19. The fourth-order valence-electron chi connectivity index (χ4n) is 2.79. The van der Waals surface area contributed by atoms with Gasteiger partial charge in [0, 0.05) is 11.9 Å². The summed E-state index contributed by atoms with van der Waals surface area (Å²) >= 11 is 1.55. The van der Waals surface area contributed by atoms with Crippen molar-refractivity contribution >= 4 is 28.3 Å². The second-order valence-corrected chi connectivity index (χ2v) is 7.07. The number of likely N-dealkylation sites (N-methyl/N-ethyl adjacent to an activating group) is 1. The fourth-order valence-corrected chi connectivity index (χ4v) is 3.86. The van der Waals surface area contributed by atoms with E-state index in [4.69, 9.17) is 4.42 Å². The van der Waals surface area contributed by atoms with Gasteiger partial charge >= 0.3 is 0 Å². The zero-order chi connectivity index (χ0) is 16.9. The maximum atomic E-state index is 12.2. The van der Waals surface area contributed by atoms with Crippen molar-refractivity contribution in [1.82, 2.24) is 9.88 Å². The third-order valence-corrected chi connectivity index (χ3v) is 5.12. The highest BCUT2D eigenvalue weighted by atomic mass is 32.1. The van der Waals surface area contributed by atoms with Crippen LogP contribution in [0.1, 0.15) is 46.8 Å². The van der Waals surface area contributed by atoms with Crippen molar-refractivity contribution in [1.29, 1.82) is 0 Å². The number of carbonyl (C=O) groups is 2. The summed E-state index contributed by atoms with van der Waals surface area (Å²) in [4.78, 5) is 31.4. The van der Waals surface area contributed by atoms with E-state index in [0.717, 1.165) is 25.0 Å². The quantitative estimate of drug-likeness (QED) is 0.922. The highest BCUT2D eigenvalue weighted by Crippen LogP contribution is 2.28. The molecule has 0 saturated heterocycles. The van der Waals surface area contributed by atoms with Gasteiger partial charge in [-0.1, -0.05) is 12.8 Å². The Bertz CT molecular complexity index is 683. The first-order chi connectivity index (χ1) is 11.6. The standard InChI is InChI=1S/C17H21N3O3S/c1-20(16(22)13-8-6-10-23-13)11-15(21)19-17-18-12-7-4-2-3-5-9-14(12)24-17/h6,8,10H,2-5,7,9,11H2,1H3,(H,18,19,21). The summed E-state index contributed by atoms with van der Waals surface area (Å²) in [7, 11) is 1.58. The second-order valence-electron chi connectivity index (χ2n) is 5.99. The molecule has 128 valence electrons. The molecule has 0 radical (unpaired) electrons. The van der Waals surface area contributed by atoms with E-state index in [9.17, 15) is 9.59 Å². The molecule has 0 bridgehead atoms.